The third kappa shape index (κ3) is 6.65. The van der Waals surface area contributed by atoms with Crippen molar-refractivity contribution >= 4 is 40.9 Å². The molecule has 3 aromatic heterocycles. The number of halogens is 2. The molecule has 0 aliphatic carbocycles. The Bertz CT molecular complexity index is 1140. The van der Waals surface area contributed by atoms with Gasteiger partial charge in [0, 0.05) is 36.3 Å². The summed E-state index contributed by atoms with van der Waals surface area (Å²) in [7, 11) is 1.47. The van der Waals surface area contributed by atoms with Gasteiger partial charge in [0.15, 0.2) is 5.16 Å². The number of thioether (sulfide) groups is 1. The molecular formula is C20H19Cl2N5O4S. The van der Waals surface area contributed by atoms with Crippen LogP contribution in [0.4, 0.5) is 0 Å². The molecule has 0 aliphatic rings. The largest absolute Gasteiger partial charge is 0.467 e. The third-order valence-electron chi connectivity index (χ3n) is 4.08. The Balaban J connectivity index is 1.87. The first-order chi connectivity index (χ1) is 15.4. The second kappa shape index (κ2) is 11.3. The summed E-state index contributed by atoms with van der Waals surface area (Å²) in [5.74, 6) is -0.0170. The van der Waals surface area contributed by atoms with Crippen LogP contribution in [-0.4, -0.2) is 44.2 Å². The molecule has 168 valence electrons. The summed E-state index contributed by atoms with van der Waals surface area (Å²) in [6, 6.07) is 3.58. The Labute approximate surface area is 198 Å². The van der Waals surface area contributed by atoms with Crippen LogP contribution in [0.5, 0.6) is 6.01 Å². The number of esters is 1. The highest BCUT2D eigenvalue weighted by molar-refractivity contribution is 7.98. The molecule has 3 heterocycles. The van der Waals surface area contributed by atoms with Crippen molar-refractivity contribution in [3.8, 4) is 6.01 Å². The molecule has 0 atom stereocenters. The lowest BCUT2D eigenvalue weighted by molar-refractivity contribution is -0.144. The first-order valence-corrected chi connectivity index (χ1v) is 11.2. The van der Waals surface area contributed by atoms with Gasteiger partial charge in [0.2, 0.25) is 0 Å². The van der Waals surface area contributed by atoms with Crippen molar-refractivity contribution in [2.24, 2.45) is 0 Å². The summed E-state index contributed by atoms with van der Waals surface area (Å²) in [6.07, 6.45) is 4.99. The van der Waals surface area contributed by atoms with Crippen molar-refractivity contribution in [3.63, 3.8) is 0 Å². The first-order valence-electron chi connectivity index (χ1n) is 9.43. The van der Waals surface area contributed by atoms with Crippen molar-refractivity contribution < 1.29 is 14.3 Å². The van der Waals surface area contributed by atoms with Crippen LogP contribution >= 0.6 is 35.0 Å². The smallest absolute Gasteiger partial charge is 0.326 e. The standard InChI is InChI=1S/C20H19Cl2N5O4S/c1-3-31-17(28)10-27-9-14(4-13-7-23-19(30-2)24-8-13)18(29)26-20(27)32-11-12-5-15(21)25-16(22)6-12/h5-9H,3-4,10-11H2,1-2H3. The molecular weight excluding hydrogens is 477 g/mol. The van der Waals surface area contributed by atoms with Gasteiger partial charge in [0.05, 0.1) is 13.7 Å². The summed E-state index contributed by atoms with van der Waals surface area (Å²) in [5, 5.41) is 0.894. The zero-order valence-electron chi connectivity index (χ0n) is 17.2. The minimum absolute atomic E-state index is 0.0899. The lowest BCUT2D eigenvalue weighted by Gasteiger charge is -2.13. The molecule has 0 radical (unpaired) electrons. The van der Waals surface area contributed by atoms with Gasteiger partial charge in [-0.2, -0.15) is 4.98 Å². The zero-order chi connectivity index (χ0) is 23.1. The van der Waals surface area contributed by atoms with Crippen molar-refractivity contribution in [1.29, 1.82) is 0 Å². The molecule has 0 amide bonds. The number of nitrogens with zero attached hydrogens (tertiary/aromatic N) is 5. The van der Waals surface area contributed by atoms with Gasteiger partial charge in [0.1, 0.15) is 16.9 Å². The number of hydrogen-bond acceptors (Lipinski definition) is 9. The summed E-state index contributed by atoms with van der Waals surface area (Å²) in [6.45, 7) is 1.88. The maximum absolute atomic E-state index is 12.7. The topological polar surface area (TPSA) is 109 Å². The second-order valence-corrected chi connectivity index (χ2v) is 8.17. The van der Waals surface area contributed by atoms with E-state index in [1.54, 1.807) is 42.2 Å². The van der Waals surface area contributed by atoms with Crippen LogP contribution in [0.2, 0.25) is 10.3 Å². The quantitative estimate of drug-likeness (QED) is 0.191. The molecule has 0 unspecified atom stereocenters. The van der Waals surface area contributed by atoms with E-state index in [0.29, 0.717) is 22.0 Å². The number of ether oxygens (including phenoxy) is 2. The van der Waals surface area contributed by atoms with E-state index in [2.05, 4.69) is 19.9 Å². The summed E-state index contributed by atoms with van der Waals surface area (Å²) < 4.78 is 11.6. The van der Waals surface area contributed by atoms with Crippen LogP contribution in [0, 0.1) is 0 Å². The molecule has 0 bridgehead atoms. The number of methoxy groups -OCH3 is 1. The molecule has 12 heteroatoms. The summed E-state index contributed by atoms with van der Waals surface area (Å²) in [4.78, 5) is 41.0. The van der Waals surface area contributed by atoms with E-state index in [0.717, 1.165) is 5.56 Å². The minimum atomic E-state index is -0.437. The van der Waals surface area contributed by atoms with Gasteiger partial charge in [-0.1, -0.05) is 35.0 Å². The normalized spacial score (nSPS) is 10.8. The van der Waals surface area contributed by atoms with Crippen LogP contribution in [0.25, 0.3) is 0 Å². The SMILES string of the molecule is CCOC(=O)Cn1cc(Cc2cnc(OC)nc2)c(=O)nc1SCc1cc(Cl)nc(Cl)c1. The minimum Gasteiger partial charge on any atom is -0.467 e. The van der Waals surface area contributed by atoms with Gasteiger partial charge >= 0.3 is 12.0 Å². The van der Waals surface area contributed by atoms with E-state index in [4.69, 9.17) is 32.7 Å². The molecule has 0 saturated heterocycles. The molecule has 0 aromatic carbocycles. The number of pyridine rings is 1. The van der Waals surface area contributed by atoms with Gasteiger partial charge in [-0.15, -0.1) is 0 Å². The van der Waals surface area contributed by atoms with E-state index >= 15 is 0 Å². The van der Waals surface area contributed by atoms with Gasteiger partial charge in [-0.3, -0.25) is 9.59 Å². The lowest BCUT2D eigenvalue weighted by atomic mass is 10.1. The average Bonchev–Trinajstić information content (AvgIpc) is 2.75. The second-order valence-electron chi connectivity index (χ2n) is 6.45. The predicted molar refractivity (Wildman–Crippen MR) is 120 cm³/mol. The molecule has 0 spiro atoms. The van der Waals surface area contributed by atoms with Crippen molar-refractivity contribution in [2.75, 3.05) is 13.7 Å². The highest BCUT2D eigenvalue weighted by Crippen LogP contribution is 2.24. The van der Waals surface area contributed by atoms with E-state index in [9.17, 15) is 9.59 Å². The van der Waals surface area contributed by atoms with Crippen LogP contribution in [0.1, 0.15) is 23.6 Å². The Morgan fingerprint density at radius 1 is 1.12 bits per heavy atom. The molecule has 0 N–H and O–H groups in total. The van der Waals surface area contributed by atoms with E-state index in [1.165, 1.54) is 18.9 Å². The molecule has 0 fully saturated rings. The number of hydrogen-bond donors (Lipinski definition) is 0. The van der Waals surface area contributed by atoms with Crippen LogP contribution < -0.4 is 10.3 Å². The highest BCUT2D eigenvalue weighted by atomic mass is 35.5. The summed E-state index contributed by atoms with van der Waals surface area (Å²) in [5.41, 5.74) is 1.49. The van der Waals surface area contributed by atoms with Gasteiger partial charge < -0.3 is 14.0 Å². The van der Waals surface area contributed by atoms with Gasteiger partial charge in [-0.05, 0) is 30.2 Å². The number of carbonyl (C=O) groups excluding carboxylic acids is 1. The molecule has 0 saturated carbocycles. The lowest BCUT2D eigenvalue weighted by Crippen LogP contribution is -2.23. The Kier molecular flexibility index (Phi) is 8.43. The van der Waals surface area contributed by atoms with Crippen molar-refractivity contribution in [2.45, 2.75) is 30.8 Å². The molecule has 3 aromatic rings. The molecule has 32 heavy (non-hydrogen) atoms. The highest BCUT2D eigenvalue weighted by Gasteiger charge is 2.14. The zero-order valence-corrected chi connectivity index (χ0v) is 19.6. The number of carbonyl (C=O) groups is 1. The van der Waals surface area contributed by atoms with Crippen molar-refractivity contribution in [1.82, 2.24) is 24.5 Å². The van der Waals surface area contributed by atoms with Crippen LogP contribution in [0.15, 0.2) is 40.7 Å². The first kappa shape index (κ1) is 24.0. The Morgan fingerprint density at radius 3 is 2.44 bits per heavy atom. The fourth-order valence-corrected chi connectivity index (χ4v) is 4.12. The number of aromatic nitrogens is 5. The predicted octanol–water partition coefficient (Wildman–Crippen LogP) is 3.19. The Hall–Kier alpha value is -2.69. The fourth-order valence-electron chi connectivity index (χ4n) is 2.72. The van der Waals surface area contributed by atoms with Crippen molar-refractivity contribution in [3.05, 3.63) is 68.1 Å². The number of rotatable bonds is 9. The van der Waals surface area contributed by atoms with Crippen LogP contribution in [0.3, 0.4) is 0 Å². The average molecular weight is 496 g/mol. The fraction of sp³-hybridized carbons (Fsp3) is 0.300. The van der Waals surface area contributed by atoms with Gasteiger partial charge in [0.25, 0.3) is 5.56 Å². The molecule has 3 rings (SSSR count). The van der Waals surface area contributed by atoms with E-state index in [1.807, 2.05) is 0 Å². The van der Waals surface area contributed by atoms with E-state index < -0.39 is 11.5 Å². The van der Waals surface area contributed by atoms with Crippen LogP contribution in [-0.2, 0) is 28.2 Å². The monoisotopic (exact) mass is 495 g/mol. The van der Waals surface area contributed by atoms with E-state index in [-0.39, 0.29) is 35.9 Å². The summed E-state index contributed by atoms with van der Waals surface area (Å²) >= 11 is 13.2. The maximum atomic E-state index is 12.7. The third-order valence-corrected chi connectivity index (χ3v) is 5.53. The molecule has 0 aliphatic heterocycles. The molecule has 9 nitrogen and oxygen atoms in total. The Morgan fingerprint density at radius 2 is 1.81 bits per heavy atom. The van der Waals surface area contributed by atoms with Gasteiger partial charge in [-0.25, -0.2) is 15.0 Å². The maximum Gasteiger partial charge on any atom is 0.326 e.